The molecule has 2 atom stereocenters. The van der Waals surface area contributed by atoms with E-state index >= 15 is 0 Å². The maximum absolute atomic E-state index is 12.1. The van der Waals surface area contributed by atoms with E-state index in [0.29, 0.717) is 0 Å². The summed E-state index contributed by atoms with van der Waals surface area (Å²) >= 11 is 0. The molecule has 0 saturated heterocycles. The SMILES string of the molecule is C=C(C)C(=O)OCCOC(=O)OCCOC(=O)C(C)CC=C(C)C(=O)OCCOC(=O)OC(C)C(=O)OCCOC(=O)C(=C)C. The van der Waals surface area contributed by atoms with Crippen LogP contribution in [0, 0.1) is 5.92 Å². The highest BCUT2D eigenvalue weighted by Crippen LogP contribution is 2.09. The van der Waals surface area contributed by atoms with Crippen LogP contribution in [0.4, 0.5) is 9.59 Å². The summed E-state index contributed by atoms with van der Waals surface area (Å²) in [5.41, 5.74) is 0.576. The molecule has 0 fully saturated rings. The smallest absolute Gasteiger partial charge is 0.462 e. The average Bonchev–Trinajstić information content (AvgIpc) is 2.99. The number of hydrogen-bond donors (Lipinski definition) is 0. The molecule has 0 aromatic rings. The summed E-state index contributed by atoms with van der Waals surface area (Å²) < 4.78 is 43.2. The molecular formula is C29H40O16. The van der Waals surface area contributed by atoms with Crippen LogP contribution in [0.2, 0.25) is 0 Å². The van der Waals surface area contributed by atoms with Gasteiger partial charge in [0, 0.05) is 16.7 Å². The molecule has 0 aromatic carbocycles. The largest absolute Gasteiger partial charge is 0.509 e. The normalized spacial score (nSPS) is 11.9. The van der Waals surface area contributed by atoms with Gasteiger partial charge in [-0.15, -0.1) is 0 Å². The first-order valence-corrected chi connectivity index (χ1v) is 13.6. The van der Waals surface area contributed by atoms with Crippen molar-refractivity contribution in [3.8, 4) is 0 Å². The summed E-state index contributed by atoms with van der Waals surface area (Å²) in [6.07, 6.45) is -1.94. The van der Waals surface area contributed by atoms with Gasteiger partial charge in [0.05, 0.1) is 5.92 Å². The van der Waals surface area contributed by atoms with Gasteiger partial charge in [-0.3, -0.25) is 4.79 Å². The van der Waals surface area contributed by atoms with Gasteiger partial charge in [0.2, 0.25) is 0 Å². The van der Waals surface area contributed by atoms with Gasteiger partial charge >= 0.3 is 42.2 Å². The van der Waals surface area contributed by atoms with Crippen LogP contribution in [0.3, 0.4) is 0 Å². The standard InChI is InChI=1S/C29H40O16/c1-18(2)23(30)37-10-11-41-27(34)22(7)45-29(36)44-17-14-40-26(33)21(6)9-8-20(5)25(32)39-13-16-43-28(35)42-15-12-38-24(31)19(3)4/h9,20,22H,1,3,8,10-17H2,2,4-7H3. The molecule has 16 heteroatoms. The first kappa shape index (κ1) is 40.1. The zero-order valence-electron chi connectivity index (χ0n) is 26.0. The van der Waals surface area contributed by atoms with Crippen LogP contribution in [-0.2, 0) is 66.6 Å². The molecule has 0 rings (SSSR count). The Morgan fingerprint density at radius 2 is 0.911 bits per heavy atom. The first-order valence-electron chi connectivity index (χ1n) is 13.6. The minimum absolute atomic E-state index is 0.138. The van der Waals surface area contributed by atoms with E-state index in [1.54, 1.807) is 6.92 Å². The Hall–Kier alpha value is -4.89. The van der Waals surface area contributed by atoms with Crippen molar-refractivity contribution in [2.75, 3.05) is 52.9 Å². The maximum atomic E-state index is 12.1. The quantitative estimate of drug-likeness (QED) is 0.0808. The number of carbonyl (C=O) groups is 7. The van der Waals surface area contributed by atoms with Crippen molar-refractivity contribution in [1.29, 1.82) is 0 Å². The third-order valence-electron chi connectivity index (χ3n) is 4.98. The van der Waals surface area contributed by atoms with Gasteiger partial charge in [0.15, 0.2) is 6.10 Å². The van der Waals surface area contributed by atoms with Gasteiger partial charge in [-0.25, -0.2) is 28.8 Å². The van der Waals surface area contributed by atoms with Crippen molar-refractivity contribution in [1.82, 2.24) is 0 Å². The van der Waals surface area contributed by atoms with Gasteiger partial charge in [-0.1, -0.05) is 26.2 Å². The predicted molar refractivity (Wildman–Crippen MR) is 151 cm³/mol. The predicted octanol–water partition coefficient (Wildman–Crippen LogP) is 2.52. The van der Waals surface area contributed by atoms with Crippen LogP contribution in [0.15, 0.2) is 36.0 Å². The number of esters is 5. The third-order valence-corrected chi connectivity index (χ3v) is 4.98. The van der Waals surface area contributed by atoms with E-state index in [0.717, 1.165) is 0 Å². The average molecular weight is 645 g/mol. The second kappa shape index (κ2) is 22.6. The number of rotatable bonds is 20. The van der Waals surface area contributed by atoms with Crippen LogP contribution < -0.4 is 0 Å². The monoisotopic (exact) mass is 644 g/mol. The van der Waals surface area contributed by atoms with Gasteiger partial charge < -0.3 is 42.6 Å². The van der Waals surface area contributed by atoms with Gasteiger partial charge in [0.1, 0.15) is 52.9 Å². The summed E-state index contributed by atoms with van der Waals surface area (Å²) in [6, 6.07) is 0. The van der Waals surface area contributed by atoms with Crippen molar-refractivity contribution in [3.63, 3.8) is 0 Å². The topological polar surface area (TPSA) is 203 Å². The van der Waals surface area contributed by atoms with E-state index in [-0.39, 0.29) is 76.0 Å². The molecule has 16 nitrogen and oxygen atoms in total. The molecule has 0 aliphatic heterocycles. The molecule has 0 heterocycles. The molecular weight excluding hydrogens is 604 g/mol. The highest BCUT2D eigenvalue weighted by molar-refractivity contribution is 5.88. The lowest BCUT2D eigenvalue weighted by atomic mass is 10.1. The number of ether oxygens (including phenoxy) is 9. The van der Waals surface area contributed by atoms with E-state index in [2.05, 4.69) is 17.9 Å². The molecule has 0 aliphatic rings. The lowest BCUT2D eigenvalue weighted by Crippen LogP contribution is -2.28. The maximum Gasteiger partial charge on any atom is 0.509 e. The Morgan fingerprint density at radius 3 is 1.38 bits per heavy atom. The summed E-state index contributed by atoms with van der Waals surface area (Å²) in [4.78, 5) is 81.6. The summed E-state index contributed by atoms with van der Waals surface area (Å²) in [5, 5.41) is 0. The summed E-state index contributed by atoms with van der Waals surface area (Å²) in [5.74, 6) is -4.12. The first-order chi connectivity index (χ1) is 21.1. The molecule has 252 valence electrons. The van der Waals surface area contributed by atoms with Gasteiger partial charge in [-0.05, 0) is 34.1 Å². The highest BCUT2D eigenvalue weighted by Gasteiger charge is 2.21. The third kappa shape index (κ3) is 19.8. The molecule has 0 radical (unpaired) electrons. The molecule has 2 unspecified atom stereocenters. The van der Waals surface area contributed by atoms with Gasteiger partial charge in [-0.2, -0.15) is 0 Å². The molecule has 0 spiro atoms. The Bertz CT molecular complexity index is 1110. The molecule has 45 heavy (non-hydrogen) atoms. The molecule has 0 aliphatic carbocycles. The van der Waals surface area contributed by atoms with Crippen LogP contribution in [0.1, 0.15) is 41.0 Å². The van der Waals surface area contributed by atoms with Crippen molar-refractivity contribution in [2.24, 2.45) is 5.92 Å². The molecule has 0 amide bonds. The fourth-order valence-corrected chi connectivity index (χ4v) is 2.48. The summed E-state index contributed by atoms with van der Waals surface area (Å²) in [6.45, 7) is 12.0. The van der Waals surface area contributed by atoms with Crippen molar-refractivity contribution in [3.05, 3.63) is 36.0 Å². The van der Waals surface area contributed by atoms with E-state index < -0.39 is 54.2 Å². The Morgan fingerprint density at radius 1 is 0.533 bits per heavy atom. The van der Waals surface area contributed by atoms with Crippen LogP contribution in [0.25, 0.3) is 0 Å². The van der Waals surface area contributed by atoms with E-state index in [4.69, 9.17) is 37.9 Å². The lowest BCUT2D eigenvalue weighted by molar-refractivity contribution is -0.158. The second-order valence-corrected chi connectivity index (χ2v) is 9.13. The number of hydrogen-bond acceptors (Lipinski definition) is 16. The zero-order valence-corrected chi connectivity index (χ0v) is 26.0. The fraction of sp³-hybridized carbons (Fsp3) is 0.552. The van der Waals surface area contributed by atoms with Crippen LogP contribution in [-0.4, -0.2) is 101 Å². The fourth-order valence-electron chi connectivity index (χ4n) is 2.48. The van der Waals surface area contributed by atoms with Crippen molar-refractivity contribution in [2.45, 2.75) is 47.1 Å². The summed E-state index contributed by atoms with van der Waals surface area (Å²) in [7, 11) is 0. The van der Waals surface area contributed by atoms with Crippen molar-refractivity contribution >= 4 is 42.2 Å². The van der Waals surface area contributed by atoms with Gasteiger partial charge in [0.25, 0.3) is 0 Å². The zero-order chi connectivity index (χ0) is 34.4. The van der Waals surface area contributed by atoms with E-state index in [1.165, 1.54) is 33.8 Å². The van der Waals surface area contributed by atoms with Crippen LogP contribution in [0.5, 0.6) is 0 Å². The second-order valence-electron chi connectivity index (χ2n) is 9.13. The highest BCUT2D eigenvalue weighted by atomic mass is 16.7. The van der Waals surface area contributed by atoms with Crippen LogP contribution >= 0.6 is 0 Å². The van der Waals surface area contributed by atoms with E-state index in [1.807, 2.05) is 0 Å². The number of carbonyl (C=O) groups excluding carboxylic acids is 7. The Kier molecular flexibility index (Phi) is 20.2. The number of allylic oxidation sites excluding steroid dienone is 1. The molecule has 0 aromatic heterocycles. The molecule has 0 N–H and O–H groups in total. The molecule has 0 saturated carbocycles. The Balaban J connectivity index is 4.12. The minimum Gasteiger partial charge on any atom is -0.462 e. The minimum atomic E-state index is -1.31. The van der Waals surface area contributed by atoms with E-state index in [9.17, 15) is 33.6 Å². The lowest BCUT2D eigenvalue weighted by Gasteiger charge is -2.13. The van der Waals surface area contributed by atoms with Crippen molar-refractivity contribution < 1.29 is 76.2 Å². The Labute approximate surface area is 260 Å². The molecule has 0 bridgehead atoms.